The number of rotatable bonds is 3. The molecule has 1 saturated heterocycles. The SMILES string of the molecule is Cc1c(C(=O)NCC2NCCCC2(C)C)cnn1C. The van der Waals surface area contributed by atoms with Gasteiger partial charge in [0.25, 0.3) is 5.91 Å². The third-order valence-electron chi connectivity index (χ3n) is 4.28. The Hall–Kier alpha value is -1.36. The Bertz CT molecular complexity index is 464. The maximum atomic E-state index is 12.1. The van der Waals surface area contributed by atoms with E-state index >= 15 is 0 Å². The molecule has 1 aromatic rings. The van der Waals surface area contributed by atoms with Crippen molar-refractivity contribution in [2.24, 2.45) is 12.5 Å². The summed E-state index contributed by atoms with van der Waals surface area (Å²) in [4.78, 5) is 12.1. The Kier molecular flexibility index (Phi) is 3.94. The summed E-state index contributed by atoms with van der Waals surface area (Å²) in [5, 5.41) is 10.6. The summed E-state index contributed by atoms with van der Waals surface area (Å²) in [7, 11) is 1.85. The van der Waals surface area contributed by atoms with Crippen LogP contribution >= 0.6 is 0 Å². The second kappa shape index (κ2) is 5.33. The van der Waals surface area contributed by atoms with Crippen molar-refractivity contribution in [1.29, 1.82) is 0 Å². The van der Waals surface area contributed by atoms with Crippen LogP contribution in [0.15, 0.2) is 6.20 Å². The maximum Gasteiger partial charge on any atom is 0.254 e. The van der Waals surface area contributed by atoms with E-state index < -0.39 is 0 Å². The number of carbonyl (C=O) groups is 1. The number of piperidine rings is 1. The largest absolute Gasteiger partial charge is 0.350 e. The van der Waals surface area contributed by atoms with E-state index in [0.29, 0.717) is 18.2 Å². The number of nitrogens with one attached hydrogen (secondary N) is 2. The molecule has 0 saturated carbocycles. The van der Waals surface area contributed by atoms with E-state index in [9.17, 15) is 4.79 Å². The molecule has 0 spiro atoms. The topological polar surface area (TPSA) is 59.0 Å². The summed E-state index contributed by atoms with van der Waals surface area (Å²) < 4.78 is 1.72. The minimum atomic E-state index is -0.0335. The fourth-order valence-corrected chi connectivity index (χ4v) is 2.63. The monoisotopic (exact) mass is 264 g/mol. The fraction of sp³-hybridized carbons (Fsp3) is 0.714. The first kappa shape index (κ1) is 14.1. The number of amides is 1. The van der Waals surface area contributed by atoms with E-state index in [-0.39, 0.29) is 11.3 Å². The van der Waals surface area contributed by atoms with Crippen molar-refractivity contribution < 1.29 is 4.79 Å². The van der Waals surface area contributed by atoms with Gasteiger partial charge in [-0.25, -0.2) is 0 Å². The Balaban J connectivity index is 1.95. The number of nitrogens with zero attached hydrogens (tertiary/aromatic N) is 2. The fourth-order valence-electron chi connectivity index (χ4n) is 2.63. The first-order valence-electron chi connectivity index (χ1n) is 6.92. The van der Waals surface area contributed by atoms with Gasteiger partial charge in [0, 0.05) is 25.3 Å². The molecule has 5 heteroatoms. The number of aromatic nitrogens is 2. The van der Waals surface area contributed by atoms with Crippen molar-refractivity contribution in [3.63, 3.8) is 0 Å². The molecule has 1 fully saturated rings. The molecule has 1 aliphatic rings. The molecule has 106 valence electrons. The molecule has 2 N–H and O–H groups in total. The molecule has 5 nitrogen and oxygen atoms in total. The normalized spacial score (nSPS) is 22.2. The lowest BCUT2D eigenvalue weighted by Crippen LogP contribution is -2.52. The van der Waals surface area contributed by atoms with E-state index in [2.05, 4.69) is 29.6 Å². The summed E-state index contributed by atoms with van der Waals surface area (Å²) in [6.07, 6.45) is 4.04. The van der Waals surface area contributed by atoms with Crippen LogP contribution in [-0.4, -0.2) is 34.8 Å². The molecule has 0 radical (unpaired) electrons. The number of carbonyl (C=O) groups excluding carboxylic acids is 1. The highest BCUT2D eigenvalue weighted by Gasteiger charge is 2.32. The van der Waals surface area contributed by atoms with Crippen LogP contribution in [0.1, 0.15) is 42.7 Å². The molecule has 2 heterocycles. The minimum absolute atomic E-state index is 0.0335. The highest BCUT2D eigenvalue weighted by atomic mass is 16.1. The molecule has 1 aliphatic heterocycles. The van der Waals surface area contributed by atoms with E-state index in [4.69, 9.17) is 0 Å². The van der Waals surface area contributed by atoms with Crippen LogP contribution < -0.4 is 10.6 Å². The maximum absolute atomic E-state index is 12.1. The van der Waals surface area contributed by atoms with Crippen molar-refractivity contribution in [3.05, 3.63) is 17.5 Å². The average Bonchev–Trinajstić information content (AvgIpc) is 2.68. The van der Waals surface area contributed by atoms with Crippen molar-refractivity contribution in [2.45, 2.75) is 39.7 Å². The van der Waals surface area contributed by atoms with Gasteiger partial charge in [0.05, 0.1) is 11.8 Å². The lowest BCUT2D eigenvalue weighted by atomic mass is 9.77. The van der Waals surface area contributed by atoms with E-state index in [0.717, 1.165) is 12.2 Å². The van der Waals surface area contributed by atoms with Crippen LogP contribution in [0.2, 0.25) is 0 Å². The molecule has 0 aliphatic carbocycles. The molecule has 1 atom stereocenters. The van der Waals surface area contributed by atoms with Crippen LogP contribution in [0, 0.1) is 12.3 Å². The van der Waals surface area contributed by atoms with E-state index in [1.165, 1.54) is 12.8 Å². The van der Waals surface area contributed by atoms with Gasteiger partial charge >= 0.3 is 0 Å². The van der Waals surface area contributed by atoms with Gasteiger partial charge in [0.15, 0.2) is 0 Å². The zero-order valence-corrected chi connectivity index (χ0v) is 12.3. The van der Waals surface area contributed by atoms with Crippen molar-refractivity contribution in [1.82, 2.24) is 20.4 Å². The summed E-state index contributed by atoms with van der Waals surface area (Å²) >= 11 is 0. The van der Waals surface area contributed by atoms with E-state index in [1.807, 2.05) is 14.0 Å². The zero-order chi connectivity index (χ0) is 14.0. The lowest BCUT2D eigenvalue weighted by molar-refractivity contribution is 0.0928. The van der Waals surface area contributed by atoms with Crippen LogP contribution in [0.25, 0.3) is 0 Å². The molecule has 0 aromatic carbocycles. The third-order valence-corrected chi connectivity index (χ3v) is 4.28. The van der Waals surface area contributed by atoms with Gasteiger partial charge < -0.3 is 10.6 Å². The highest BCUT2D eigenvalue weighted by Crippen LogP contribution is 2.29. The Morgan fingerprint density at radius 3 is 2.95 bits per heavy atom. The van der Waals surface area contributed by atoms with Crippen molar-refractivity contribution in [2.75, 3.05) is 13.1 Å². The smallest absolute Gasteiger partial charge is 0.254 e. The van der Waals surface area contributed by atoms with Crippen LogP contribution in [-0.2, 0) is 7.05 Å². The van der Waals surface area contributed by atoms with Crippen molar-refractivity contribution >= 4 is 5.91 Å². The Morgan fingerprint density at radius 2 is 2.37 bits per heavy atom. The number of hydrogen-bond acceptors (Lipinski definition) is 3. The van der Waals surface area contributed by atoms with Gasteiger partial charge in [0.1, 0.15) is 0 Å². The molecule has 1 amide bonds. The number of hydrogen-bond donors (Lipinski definition) is 2. The van der Waals surface area contributed by atoms with Crippen LogP contribution in [0.4, 0.5) is 0 Å². The standard InChI is InChI=1S/C14H24N4O/c1-10-11(8-17-18(10)4)13(19)16-9-12-14(2,3)6-5-7-15-12/h8,12,15H,5-7,9H2,1-4H3,(H,16,19). The summed E-state index contributed by atoms with van der Waals surface area (Å²) in [6, 6.07) is 0.335. The second-order valence-electron chi connectivity index (χ2n) is 6.08. The van der Waals surface area contributed by atoms with Gasteiger partial charge in [0.2, 0.25) is 0 Å². The molecule has 0 bridgehead atoms. The average molecular weight is 264 g/mol. The molecule has 2 rings (SSSR count). The summed E-state index contributed by atoms with van der Waals surface area (Å²) in [5.74, 6) is -0.0335. The highest BCUT2D eigenvalue weighted by molar-refractivity contribution is 5.95. The van der Waals surface area contributed by atoms with Crippen LogP contribution in [0.5, 0.6) is 0 Å². The van der Waals surface area contributed by atoms with Gasteiger partial charge in [-0.05, 0) is 31.7 Å². The third kappa shape index (κ3) is 2.97. The zero-order valence-electron chi connectivity index (χ0n) is 12.3. The van der Waals surface area contributed by atoms with Gasteiger partial charge in [-0.1, -0.05) is 13.8 Å². The predicted octanol–water partition coefficient (Wildman–Crippen LogP) is 1.24. The summed E-state index contributed by atoms with van der Waals surface area (Å²) in [6.45, 7) is 8.12. The molecular formula is C14H24N4O. The number of aryl methyl sites for hydroxylation is 1. The quantitative estimate of drug-likeness (QED) is 0.863. The van der Waals surface area contributed by atoms with Crippen LogP contribution in [0.3, 0.4) is 0 Å². The first-order chi connectivity index (χ1) is 8.92. The van der Waals surface area contributed by atoms with Gasteiger partial charge in [-0.2, -0.15) is 5.10 Å². The molecule has 1 unspecified atom stereocenters. The molecule has 1 aromatic heterocycles. The Labute approximate surface area is 114 Å². The second-order valence-corrected chi connectivity index (χ2v) is 6.08. The Morgan fingerprint density at radius 1 is 1.63 bits per heavy atom. The molecular weight excluding hydrogens is 240 g/mol. The van der Waals surface area contributed by atoms with Gasteiger partial charge in [-0.15, -0.1) is 0 Å². The van der Waals surface area contributed by atoms with Crippen molar-refractivity contribution in [3.8, 4) is 0 Å². The predicted molar refractivity (Wildman–Crippen MR) is 75.1 cm³/mol. The molecule has 19 heavy (non-hydrogen) atoms. The van der Waals surface area contributed by atoms with E-state index in [1.54, 1.807) is 10.9 Å². The lowest BCUT2D eigenvalue weighted by Gasteiger charge is -2.39. The summed E-state index contributed by atoms with van der Waals surface area (Å²) in [5.41, 5.74) is 1.79. The van der Waals surface area contributed by atoms with Gasteiger partial charge in [-0.3, -0.25) is 9.48 Å². The first-order valence-corrected chi connectivity index (χ1v) is 6.92. The minimum Gasteiger partial charge on any atom is -0.350 e.